The van der Waals surface area contributed by atoms with Crippen LogP contribution in [-0.2, 0) is 9.59 Å². The van der Waals surface area contributed by atoms with E-state index in [1.807, 2.05) is 11.8 Å². The van der Waals surface area contributed by atoms with E-state index in [-0.39, 0.29) is 5.91 Å². The van der Waals surface area contributed by atoms with Gasteiger partial charge in [-0.15, -0.1) is 11.8 Å². The Morgan fingerprint density at radius 3 is 2.27 bits per heavy atom. The molecule has 0 aromatic rings. The molecule has 0 aromatic carbocycles. The maximum absolute atomic E-state index is 12.5. The van der Waals surface area contributed by atoms with Crippen LogP contribution in [0.3, 0.4) is 0 Å². The van der Waals surface area contributed by atoms with Crippen LogP contribution >= 0.6 is 11.8 Å². The van der Waals surface area contributed by atoms with Crippen molar-refractivity contribution in [3.05, 3.63) is 12.2 Å². The Hall–Kier alpha value is -0.970. The van der Waals surface area contributed by atoms with Crippen molar-refractivity contribution in [2.75, 3.05) is 12.3 Å². The standard InChI is InChI=1S/C17H23NO3S/c19-15(18-3-1-2-14(18)16(20)21)10-22-17-7-11-4-12(8-17)6-13(5-11)9-17/h1-2,11-14H,3-10H2,(H,20,21). The number of amides is 1. The summed E-state index contributed by atoms with van der Waals surface area (Å²) in [5.41, 5.74) is 0. The minimum absolute atomic E-state index is 0.0156. The van der Waals surface area contributed by atoms with Crippen LogP contribution in [-0.4, -0.2) is 45.0 Å². The summed E-state index contributed by atoms with van der Waals surface area (Å²) in [6.07, 6.45) is 11.5. The maximum atomic E-state index is 12.5. The van der Waals surface area contributed by atoms with E-state index in [1.165, 1.54) is 43.4 Å². The summed E-state index contributed by atoms with van der Waals surface area (Å²) in [6.45, 7) is 0.442. The molecule has 1 heterocycles. The lowest BCUT2D eigenvalue weighted by Gasteiger charge is -2.56. The molecule has 4 saturated carbocycles. The van der Waals surface area contributed by atoms with E-state index in [0.29, 0.717) is 17.0 Å². The molecule has 1 amide bonds. The number of aliphatic carboxylic acids is 1. The third-order valence-corrected chi connectivity index (χ3v) is 7.52. The van der Waals surface area contributed by atoms with Crippen LogP contribution < -0.4 is 0 Å². The van der Waals surface area contributed by atoms with Gasteiger partial charge < -0.3 is 10.0 Å². The Bertz CT molecular complexity index is 495. The number of carbonyl (C=O) groups is 2. The molecule has 0 aromatic heterocycles. The molecule has 5 rings (SSSR count). The number of hydrogen-bond acceptors (Lipinski definition) is 3. The Morgan fingerprint density at radius 2 is 1.73 bits per heavy atom. The van der Waals surface area contributed by atoms with Crippen molar-refractivity contribution >= 4 is 23.6 Å². The molecule has 4 aliphatic carbocycles. The predicted molar refractivity (Wildman–Crippen MR) is 85.6 cm³/mol. The highest BCUT2D eigenvalue weighted by atomic mass is 32.2. The average Bonchev–Trinajstić information content (AvgIpc) is 2.93. The molecule has 0 radical (unpaired) electrons. The van der Waals surface area contributed by atoms with Gasteiger partial charge in [0, 0.05) is 11.3 Å². The van der Waals surface area contributed by atoms with Crippen LogP contribution in [0.25, 0.3) is 0 Å². The van der Waals surface area contributed by atoms with Crippen LogP contribution in [0, 0.1) is 17.8 Å². The van der Waals surface area contributed by atoms with E-state index in [0.717, 1.165) is 17.8 Å². The van der Waals surface area contributed by atoms with Crippen LogP contribution in [0.2, 0.25) is 0 Å². The van der Waals surface area contributed by atoms with Crippen LogP contribution in [0.1, 0.15) is 38.5 Å². The van der Waals surface area contributed by atoms with E-state index < -0.39 is 12.0 Å². The lowest BCUT2D eigenvalue weighted by molar-refractivity contribution is -0.146. The highest BCUT2D eigenvalue weighted by Gasteiger charge is 2.51. The molecule has 22 heavy (non-hydrogen) atoms. The number of carboxylic acid groups (broad SMARTS) is 1. The molecule has 0 saturated heterocycles. The van der Waals surface area contributed by atoms with Gasteiger partial charge in [-0.2, -0.15) is 0 Å². The van der Waals surface area contributed by atoms with Crippen LogP contribution in [0.15, 0.2) is 12.2 Å². The minimum Gasteiger partial charge on any atom is -0.479 e. The van der Waals surface area contributed by atoms with Gasteiger partial charge in [-0.1, -0.05) is 12.2 Å². The second-order valence-electron chi connectivity index (χ2n) is 7.65. The third kappa shape index (κ3) is 2.47. The molecule has 1 aliphatic heterocycles. The fourth-order valence-electron chi connectivity index (χ4n) is 5.50. The van der Waals surface area contributed by atoms with Gasteiger partial charge in [0.15, 0.2) is 0 Å². The van der Waals surface area contributed by atoms with Gasteiger partial charge >= 0.3 is 5.97 Å². The first-order valence-corrected chi connectivity index (χ1v) is 9.36. The average molecular weight is 321 g/mol. The highest BCUT2D eigenvalue weighted by molar-refractivity contribution is 8.01. The molecule has 4 nitrogen and oxygen atoms in total. The molecule has 1 N–H and O–H groups in total. The number of rotatable bonds is 4. The maximum Gasteiger partial charge on any atom is 0.330 e. The third-order valence-electron chi connectivity index (χ3n) is 6.01. The van der Waals surface area contributed by atoms with Crippen molar-refractivity contribution < 1.29 is 14.7 Å². The monoisotopic (exact) mass is 321 g/mol. The smallest absolute Gasteiger partial charge is 0.330 e. The second kappa shape index (κ2) is 5.29. The normalized spacial score (nSPS) is 42.1. The first-order valence-electron chi connectivity index (χ1n) is 8.37. The number of thioether (sulfide) groups is 1. The van der Waals surface area contributed by atoms with Crippen LogP contribution in [0.5, 0.6) is 0 Å². The molecule has 1 atom stereocenters. The lowest BCUT2D eigenvalue weighted by Crippen LogP contribution is -2.49. The van der Waals surface area contributed by atoms with Gasteiger partial charge in [0.1, 0.15) is 6.04 Å². The largest absolute Gasteiger partial charge is 0.479 e. The number of nitrogens with zero attached hydrogens (tertiary/aromatic N) is 1. The Labute approximate surface area is 135 Å². The summed E-state index contributed by atoms with van der Waals surface area (Å²) in [4.78, 5) is 25.1. The van der Waals surface area contributed by atoms with E-state index in [2.05, 4.69) is 0 Å². The zero-order valence-electron chi connectivity index (χ0n) is 12.7. The van der Waals surface area contributed by atoms with E-state index in [1.54, 1.807) is 12.2 Å². The van der Waals surface area contributed by atoms with Crippen molar-refractivity contribution in [1.82, 2.24) is 4.90 Å². The number of carboxylic acids is 1. The summed E-state index contributed by atoms with van der Waals surface area (Å²) >= 11 is 1.83. The lowest BCUT2D eigenvalue weighted by atomic mass is 9.56. The van der Waals surface area contributed by atoms with Gasteiger partial charge in [-0.25, -0.2) is 4.79 Å². The molecule has 4 bridgehead atoms. The fraction of sp³-hybridized carbons (Fsp3) is 0.765. The van der Waals surface area contributed by atoms with Crippen molar-refractivity contribution in [2.24, 2.45) is 17.8 Å². The Morgan fingerprint density at radius 1 is 1.14 bits per heavy atom. The quantitative estimate of drug-likeness (QED) is 0.809. The predicted octanol–water partition coefficient (Wildman–Crippen LogP) is 2.54. The second-order valence-corrected chi connectivity index (χ2v) is 9.09. The Kier molecular flexibility index (Phi) is 3.51. The SMILES string of the molecule is O=C(O)C1C=CCN1C(=O)CSC12CC3CC(CC(C3)C1)C2. The first kappa shape index (κ1) is 14.6. The first-order chi connectivity index (χ1) is 10.5. The van der Waals surface area contributed by atoms with Gasteiger partial charge in [-0.3, -0.25) is 4.79 Å². The zero-order valence-corrected chi connectivity index (χ0v) is 13.6. The van der Waals surface area contributed by atoms with Crippen molar-refractivity contribution in [2.45, 2.75) is 49.3 Å². The summed E-state index contributed by atoms with van der Waals surface area (Å²) in [5, 5.41) is 9.18. The van der Waals surface area contributed by atoms with Gasteiger partial charge in [0.05, 0.1) is 5.75 Å². The van der Waals surface area contributed by atoms with Crippen molar-refractivity contribution in [1.29, 1.82) is 0 Å². The molecule has 0 spiro atoms. The van der Waals surface area contributed by atoms with Gasteiger partial charge in [0.25, 0.3) is 0 Å². The molecule has 4 fully saturated rings. The fourth-order valence-corrected chi connectivity index (χ4v) is 7.16. The van der Waals surface area contributed by atoms with E-state index in [9.17, 15) is 14.7 Å². The number of hydrogen-bond donors (Lipinski definition) is 1. The summed E-state index contributed by atoms with van der Waals surface area (Å²) < 4.78 is 0.316. The summed E-state index contributed by atoms with van der Waals surface area (Å²) in [5.74, 6) is 2.15. The van der Waals surface area contributed by atoms with E-state index >= 15 is 0 Å². The molecule has 1 unspecified atom stereocenters. The van der Waals surface area contributed by atoms with Crippen molar-refractivity contribution in [3.63, 3.8) is 0 Å². The summed E-state index contributed by atoms with van der Waals surface area (Å²) in [6, 6.07) is -0.760. The molecular formula is C17H23NO3S. The molecule has 5 aliphatic rings. The van der Waals surface area contributed by atoms with Gasteiger partial charge in [0.2, 0.25) is 5.91 Å². The Balaban J connectivity index is 1.38. The summed E-state index contributed by atoms with van der Waals surface area (Å²) in [7, 11) is 0. The minimum atomic E-state index is -0.929. The molecule has 5 heteroatoms. The zero-order chi connectivity index (χ0) is 15.3. The number of carbonyl (C=O) groups excluding carboxylic acids is 1. The topological polar surface area (TPSA) is 57.6 Å². The molecule has 120 valence electrons. The van der Waals surface area contributed by atoms with Crippen LogP contribution in [0.4, 0.5) is 0 Å². The van der Waals surface area contributed by atoms with Crippen molar-refractivity contribution in [3.8, 4) is 0 Å². The van der Waals surface area contributed by atoms with Gasteiger partial charge in [-0.05, 0) is 56.3 Å². The highest BCUT2D eigenvalue weighted by Crippen LogP contribution is 2.60. The molecular weight excluding hydrogens is 298 g/mol. The van der Waals surface area contributed by atoms with E-state index in [4.69, 9.17) is 0 Å².